The summed E-state index contributed by atoms with van der Waals surface area (Å²) in [5.74, 6) is 0. The van der Waals surface area contributed by atoms with E-state index in [-0.39, 0.29) is 0 Å². The standard InChI is InChI=1S/C4H7N3S2/c1-7-3(8)5-6-4(7)9-2/h1-2H3,(H,5,8). The van der Waals surface area contributed by atoms with Crippen molar-refractivity contribution in [3.63, 3.8) is 0 Å². The Kier molecular flexibility index (Phi) is 1.92. The van der Waals surface area contributed by atoms with E-state index in [0.717, 1.165) is 5.16 Å². The number of thioether (sulfide) groups is 1. The zero-order valence-corrected chi connectivity index (χ0v) is 6.84. The molecule has 0 aliphatic heterocycles. The molecule has 1 aromatic rings. The van der Waals surface area contributed by atoms with Gasteiger partial charge in [-0.25, -0.2) is 0 Å². The van der Waals surface area contributed by atoms with Crippen LogP contribution in [0.3, 0.4) is 0 Å². The first kappa shape index (κ1) is 6.82. The number of H-pyrrole nitrogens is 1. The maximum absolute atomic E-state index is 4.87. The summed E-state index contributed by atoms with van der Waals surface area (Å²) in [6.45, 7) is 0. The predicted octanol–water partition coefficient (Wildman–Crippen LogP) is 1.20. The Labute approximate surface area is 62.5 Å². The Balaban J connectivity index is 3.20. The number of aromatic amines is 1. The largest absolute Gasteiger partial charge is 0.298 e. The van der Waals surface area contributed by atoms with Crippen LogP contribution in [-0.2, 0) is 7.05 Å². The highest BCUT2D eigenvalue weighted by atomic mass is 32.2. The van der Waals surface area contributed by atoms with Crippen molar-refractivity contribution >= 4 is 24.0 Å². The average molecular weight is 161 g/mol. The molecule has 5 heteroatoms. The zero-order chi connectivity index (χ0) is 6.85. The monoisotopic (exact) mass is 161 g/mol. The highest BCUT2D eigenvalue weighted by Crippen LogP contribution is 2.08. The van der Waals surface area contributed by atoms with E-state index in [1.165, 1.54) is 0 Å². The molecule has 0 saturated carbocycles. The third-order valence-electron chi connectivity index (χ3n) is 1.02. The number of nitrogens with zero attached hydrogens (tertiary/aromatic N) is 2. The molecule has 0 amide bonds. The van der Waals surface area contributed by atoms with Crippen molar-refractivity contribution in [2.24, 2.45) is 7.05 Å². The predicted molar refractivity (Wildman–Crippen MR) is 40.2 cm³/mol. The molecule has 9 heavy (non-hydrogen) atoms. The van der Waals surface area contributed by atoms with Crippen LogP contribution in [0.1, 0.15) is 0 Å². The van der Waals surface area contributed by atoms with E-state index < -0.39 is 0 Å². The highest BCUT2D eigenvalue weighted by molar-refractivity contribution is 7.98. The maximum Gasteiger partial charge on any atom is 0.195 e. The third kappa shape index (κ3) is 1.16. The normalized spacial score (nSPS) is 10.0. The fourth-order valence-corrected chi connectivity index (χ4v) is 1.21. The van der Waals surface area contributed by atoms with Crippen molar-refractivity contribution in [2.45, 2.75) is 5.16 Å². The van der Waals surface area contributed by atoms with Crippen LogP contribution in [0.25, 0.3) is 0 Å². The molecule has 0 spiro atoms. The molecule has 0 fully saturated rings. The first-order valence-electron chi connectivity index (χ1n) is 2.41. The van der Waals surface area contributed by atoms with Crippen LogP contribution < -0.4 is 0 Å². The second-order valence-electron chi connectivity index (χ2n) is 1.57. The fourth-order valence-electron chi connectivity index (χ4n) is 0.515. The van der Waals surface area contributed by atoms with Crippen LogP contribution >= 0.6 is 24.0 Å². The van der Waals surface area contributed by atoms with Gasteiger partial charge in [-0.15, -0.1) is 5.10 Å². The Morgan fingerprint density at radius 1 is 1.78 bits per heavy atom. The number of rotatable bonds is 1. The summed E-state index contributed by atoms with van der Waals surface area (Å²) in [6, 6.07) is 0. The van der Waals surface area contributed by atoms with Gasteiger partial charge in [-0.05, 0) is 18.5 Å². The summed E-state index contributed by atoms with van der Waals surface area (Å²) in [4.78, 5) is 0. The molecule has 3 nitrogen and oxygen atoms in total. The van der Waals surface area contributed by atoms with Crippen molar-refractivity contribution in [1.29, 1.82) is 0 Å². The number of nitrogens with one attached hydrogen (secondary N) is 1. The molecule has 1 rings (SSSR count). The molecule has 0 atom stereocenters. The van der Waals surface area contributed by atoms with E-state index in [4.69, 9.17) is 12.2 Å². The molecule has 1 N–H and O–H groups in total. The van der Waals surface area contributed by atoms with E-state index in [1.54, 1.807) is 11.8 Å². The summed E-state index contributed by atoms with van der Waals surface area (Å²) in [5.41, 5.74) is 0. The second kappa shape index (κ2) is 2.53. The summed E-state index contributed by atoms with van der Waals surface area (Å²) in [7, 11) is 1.89. The molecule has 0 saturated heterocycles. The van der Waals surface area contributed by atoms with E-state index in [9.17, 15) is 0 Å². The zero-order valence-electron chi connectivity index (χ0n) is 5.21. The highest BCUT2D eigenvalue weighted by Gasteiger charge is 1.96. The van der Waals surface area contributed by atoms with Crippen molar-refractivity contribution in [3.05, 3.63) is 4.77 Å². The molecule has 0 radical (unpaired) electrons. The lowest BCUT2D eigenvalue weighted by Gasteiger charge is -1.90. The minimum Gasteiger partial charge on any atom is -0.298 e. The van der Waals surface area contributed by atoms with Crippen LogP contribution in [-0.4, -0.2) is 21.0 Å². The van der Waals surface area contributed by atoms with Gasteiger partial charge >= 0.3 is 0 Å². The van der Waals surface area contributed by atoms with Crippen LogP contribution in [0.5, 0.6) is 0 Å². The third-order valence-corrected chi connectivity index (χ3v) is 2.12. The molecule has 0 aromatic carbocycles. The number of hydrogen-bond acceptors (Lipinski definition) is 3. The van der Waals surface area contributed by atoms with Gasteiger partial charge in [-0.2, -0.15) is 0 Å². The lowest BCUT2D eigenvalue weighted by molar-refractivity contribution is 0.782. The Bertz CT molecular complexity index is 249. The molecule has 0 aliphatic rings. The van der Waals surface area contributed by atoms with E-state index in [1.807, 2.05) is 17.9 Å². The van der Waals surface area contributed by atoms with Gasteiger partial charge in [0.15, 0.2) is 9.93 Å². The van der Waals surface area contributed by atoms with Crippen LogP contribution in [0.2, 0.25) is 0 Å². The maximum atomic E-state index is 4.87. The fraction of sp³-hybridized carbons (Fsp3) is 0.500. The van der Waals surface area contributed by atoms with Crippen LogP contribution in [0.4, 0.5) is 0 Å². The lowest BCUT2D eigenvalue weighted by atomic mass is 11.1. The first-order chi connectivity index (χ1) is 4.25. The smallest absolute Gasteiger partial charge is 0.195 e. The SMILES string of the molecule is CSc1n[nH]c(=S)n1C. The molecular formula is C4H7N3S2. The summed E-state index contributed by atoms with van der Waals surface area (Å²) in [6.07, 6.45) is 1.96. The van der Waals surface area contributed by atoms with Gasteiger partial charge in [-0.3, -0.25) is 9.67 Å². The molecular weight excluding hydrogens is 154 g/mol. The quantitative estimate of drug-likeness (QED) is 0.496. The Morgan fingerprint density at radius 3 is 2.67 bits per heavy atom. The van der Waals surface area contributed by atoms with E-state index in [2.05, 4.69) is 10.2 Å². The van der Waals surface area contributed by atoms with Crippen molar-refractivity contribution in [1.82, 2.24) is 14.8 Å². The Morgan fingerprint density at radius 2 is 2.44 bits per heavy atom. The topological polar surface area (TPSA) is 33.6 Å². The van der Waals surface area contributed by atoms with Crippen LogP contribution in [0.15, 0.2) is 5.16 Å². The number of aromatic nitrogens is 3. The number of hydrogen-bond donors (Lipinski definition) is 1. The Hall–Kier alpha value is -0.290. The van der Waals surface area contributed by atoms with Gasteiger partial charge < -0.3 is 0 Å². The molecule has 0 aliphatic carbocycles. The first-order valence-corrected chi connectivity index (χ1v) is 4.04. The summed E-state index contributed by atoms with van der Waals surface area (Å²) < 4.78 is 2.50. The average Bonchev–Trinajstić information content (AvgIpc) is 2.15. The van der Waals surface area contributed by atoms with E-state index in [0.29, 0.717) is 4.77 Å². The van der Waals surface area contributed by atoms with Gasteiger partial charge in [0, 0.05) is 7.05 Å². The molecule has 1 heterocycles. The van der Waals surface area contributed by atoms with Crippen molar-refractivity contribution in [2.75, 3.05) is 6.26 Å². The van der Waals surface area contributed by atoms with Gasteiger partial charge in [0.25, 0.3) is 0 Å². The molecule has 0 bridgehead atoms. The van der Waals surface area contributed by atoms with Gasteiger partial charge in [-0.1, -0.05) is 11.8 Å². The lowest BCUT2D eigenvalue weighted by Crippen LogP contribution is -1.88. The second-order valence-corrected chi connectivity index (χ2v) is 2.73. The minimum absolute atomic E-state index is 0.666. The van der Waals surface area contributed by atoms with Gasteiger partial charge in [0.05, 0.1) is 0 Å². The van der Waals surface area contributed by atoms with E-state index >= 15 is 0 Å². The van der Waals surface area contributed by atoms with Gasteiger partial charge in [0.2, 0.25) is 0 Å². The van der Waals surface area contributed by atoms with Crippen molar-refractivity contribution < 1.29 is 0 Å². The molecule has 50 valence electrons. The summed E-state index contributed by atoms with van der Waals surface area (Å²) >= 11 is 6.44. The minimum atomic E-state index is 0.666. The molecule has 1 aromatic heterocycles. The van der Waals surface area contributed by atoms with Crippen molar-refractivity contribution in [3.8, 4) is 0 Å². The van der Waals surface area contributed by atoms with Crippen LogP contribution in [0, 0.1) is 4.77 Å². The molecule has 0 unspecified atom stereocenters. The summed E-state index contributed by atoms with van der Waals surface area (Å²) in [5, 5.41) is 7.54. The van der Waals surface area contributed by atoms with Gasteiger partial charge in [0.1, 0.15) is 0 Å².